The van der Waals surface area contributed by atoms with Crippen molar-refractivity contribution in [2.75, 3.05) is 11.1 Å². The first-order valence-corrected chi connectivity index (χ1v) is 9.00. The molecule has 1 amide bonds. The van der Waals surface area contributed by atoms with E-state index in [1.54, 1.807) is 11.8 Å². The van der Waals surface area contributed by atoms with Gasteiger partial charge in [0.25, 0.3) is 5.91 Å². The van der Waals surface area contributed by atoms with E-state index in [-0.39, 0.29) is 5.91 Å². The van der Waals surface area contributed by atoms with E-state index in [0.29, 0.717) is 10.7 Å². The van der Waals surface area contributed by atoms with Gasteiger partial charge in [-0.05, 0) is 17.9 Å². The van der Waals surface area contributed by atoms with Gasteiger partial charge in [0.15, 0.2) is 0 Å². The number of amides is 1. The molecule has 116 valence electrons. The van der Waals surface area contributed by atoms with Crippen LogP contribution in [0.4, 0.5) is 5.13 Å². The maximum absolute atomic E-state index is 12.5. The summed E-state index contributed by atoms with van der Waals surface area (Å²) < 4.78 is 0. The Morgan fingerprint density at radius 2 is 1.83 bits per heavy atom. The lowest BCUT2D eigenvalue weighted by molar-refractivity contribution is 0.102. The predicted molar refractivity (Wildman–Crippen MR) is 96.1 cm³/mol. The molecule has 0 spiro atoms. The van der Waals surface area contributed by atoms with Crippen LogP contribution in [0.2, 0.25) is 0 Å². The van der Waals surface area contributed by atoms with Crippen LogP contribution in [0.5, 0.6) is 0 Å². The van der Waals surface area contributed by atoms with Gasteiger partial charge in [-0.2, -0.15) is 0 Å². The molecule has 0 aliphatic heterocycles. The fourth-order valence-electron chi connectivity index (χ4n) is 2.07. The number of hydrogen-bond acceptors (Lipinski definition) is 5. The van der Waals surface area contributed by atoms with Crippen molar-refractivity contribution in [3.05, 3.63) is 60.2 Å². The minimum absolute atomic E-state index is 0.155. The van der Waals surface area contributed by atoms with Gasteiger partial charge < -0.3 is 0 Å². The Labute approximate surface area is 143 Å². The molecule has 0 aliphatic carbocycles. The Hall–Kier alpha value is -2.18. The van der Waals surface area contributed by atoms with Crippen molar-refractivity contribution in [2.24, 2.45) is 0 Å². The first kappa shape index (κ1) is 15.7. The number of aromatic nitrogens is 2. The van der Waals surface area contributed by atoms with E-state index in [2.05, 4.69) is 22.4 Å². The molecule has 4 nitrogen and oxygen atoms in total. The molecule has 23 heavy (non-hydrogen) atoms. The SMILES string of the molecule is CCSc1ccccc1C(=O)Nc1nnc(-c2ccccc2)s1. The van der Waals surface area contributed by atoms with Gasteiger partial charge in [-0.3, -0.25) is 10.1 Å². The van der Waals surface area contributed by atoms with E-state index in [0.717, 1.165) is 21.2 Å². The number of hydrogen-bond donors (Lipinski definition) is 1. The number of anilines is 1. The molecular weight excluding hydrogens is 326 g/mol. The van der Waals surface area contributed by atoms with Crippen molar-refractivity contribution in [2.45, 2.75) is 11.8 Å². The fraction of sp³-hybridized carbons (Fsp3) is 0.118. The first-order valence-electron chi connectivity index (χ1n) is 7.20. The lowest BCUT2D eigenvalue weighted by atomic mass is 10.2. The van der Waals surface area contributed by atoms with E-state index >= 15 is 0 Å². The third kappa shape index (κ3) is 3.78. The van der Waals surface area contributed by atoms with Crippen molar-refractivity contribution in [1.29, 1.82) is 0 Å². The molecule has 3 rings (SSSR count). The number of nitrogens with one attached hydrogen (secondary N) is 1. The Balaban J connectivity index is 1.78. The summed E-state index contributed by atoms with van der Waals surface area (Å²) in [5.41, 5.74) is 1.66. The highest BCUT2D eigenvalue weighted by molar-refractivity contribution is 7.99. The highest BCUT2D eigenvalue weighted by atomic mass is 32.2. The Bertz CT molecular complexity index is 802. The molecule has 0 saturated heterocycles. The minimum Gasteiger partial charge on any atom is -0.296 e. The maximum atomic E-state index is 12.5. The zero-order valence-corrected chi connectivity index (χ0v) is 14.2. The Morgan fingerprint density at radius 3 is 2.61 bits per heavy atom. The number of nitrogens with zero attached hydrogens (tertiary/aromatic N) is 2. The minimum atomic E-state index is -0.155. The van der Waals surface area contributed by atoms with Crippen molar-refractivity contribution >= 4 is 34.1 Å². The lowest BCUT2D eigenvalue weighted by Gasteiger charge is -2.06. The van der Waals surface area contributed by atoms with Gasteiger partial charge in [0.05, 0.1) is 5.56 Å². The molecule has 1 aromatic heterocycles. The van der Waals surface area contributed by atoms with Gasteiger partial charge >= 0.3 is 0 Å². The summed E-state index contributed by atoms with van der Waals surface area (Å²) in [5, 5.41) is 12.3. The zero-order chi connectivity index (χ0) is 16.1. The average molecular weight is 341 g/mol. The monoisotopic (exact) mass is 341 g/mol. The number of rotatable bonds is 5. The van der Waals surface area contributed by atoms with Crippen LogP contribution in [-0.4, -0.2) is 21.9 Å². The second-order valence-corrected chi connectivity index (χ2v) is 6.95. The summed E-state index contributed by atoms with van der Waals surface area (Å²) in [7, 11) is 0. The molecule has 0 radical (unpaired) electrons. The molecule has 3 aromatic rings. The molecule has 6 heteroatoms. The maximum Gasteiger partial charge on any atom is 0.258 e. The molecule has 0 fully saturated rings. The molecule has 0 saturated carbocycles. The van der Waals surface area contributed by atoms with Gasteiger partial charge in [-0.1, -0.05) is 60.7 Å². The standard InChI is InChI=1S/C17H15N3OS2/c1-2-22-14-11-7-6-10-13(14)15(21)18-17-20-19-16(23-17)12-8-4-3-5-9-12/h3-11H,2H2,1H3,(H,18,20,21). The second-order valence-electron chi connectivity index (χ2n) is 4.66. The van der Waals surface area contributed by atoms with E-state index < -0.39 is 0 Å². The quantitative estimate of drug-likeness (QED) is 0.691. The third-order valence-electron chi connectivity index (χ3n) is 3.10. The smallest absolute Gasteiger partial charge is 0.258 e. The van der Waals surface area contributed by atoms with Crippen molar-refractivity contribution < 1.29 is 4.79 Å². The average Bonchev–Trinajstić information content (AvgIpc) is 3.05. The number of carbonyl (C=O) groups excluding carboxylic acids is 1. The van der Waals surface area contributed by atoms with Gasteiger partial charge in [-0.25, -0.2) is 0 Å². The molecular formula is C17H15N3OS2. The van der Waals surface area contributed by atoms with Gasteiger partial charge in [0.1, 0.15) is 5.01 Å². The third-order valence-corrected chi connectivity index (χ3v) is 4.94. The highest BCUT2D eigenvalue weighted by Gasteiger charge is 2.14. The van der Waals surface area contributed by atoms with E-state index in [1.807, 2.05) is 54.6 Å². The van der Waals surface area contributed by atoms with Crippen molar-refractivity contribution in [3.63, 3.8) is 0 Å². The summed E-state index contributed by atoms with van der Waals surface area (Å²) in [4.78, 5) is 13.4. The van der Waals surface area contributed by atoms with Crippen LogP contribution >= 0.6 is 23.1 Å². The molecule has 0 unspecified atom stereocenters. The summed E-state index contributed by atoms with van der Waals surface area (Å²) >= 11 is 3.02. The zero-order valence-electron chi connectivity index (χ0n) is 12.5. The van der Waals surface area contributed by atoms with E-state index in [9.17, 15) is 4.79 Å². The van der Waals surface area contributed by atoms with Crippen LogP contribution in [0, 0.1) is 0 Å². The lowest BCUT2D eigenvalue weighted by Crippen LogP contribution is -2.12. The number of thioether (sulfide) groups is 1. The molecule has 0 aliphatic rings. The summed E-state index contributed by atoms with van der Waals surface area (Å²) in [6, 6.07) is 17.4. The van der Waals surface area contributed by atoms with Crippen LogP contribution in [0.15, 0.2) is 59.5 Å². The molecule has 0 bridgehead atoms. The summed E-state index contributed by atoms with van der Waals surface area (Å²) in [6.45, 7) is 2.07. The Morgan fingerprint density at radius 1 is 1.09 bits per heavy atom. The van der Waals surface area contributed by atoms with Crippen LogP contribution < -0.4 is 5.32 Å². The molecule has 1 N–H and O–H groups in total. The molecule has 1 heterocycles. The van der Waals surface area contributed by atoms with Crippen LogP contribution in [-0.2, 0) is 0 Å². The summed E-state index contributed by atoms with van der Waals surface area (Å²) in [5.74, 6) is 0.763. The fourth-order valence-corrected chi connectivity index (χ4v) is 3.62. The van der Waals surface area contributed by atoms with Crippen LogP contribution in [0.1, 0.15) is 17.3 Å². The first-order chi connectivity index (χ1) is 11.3. The largest absolute Gasteiger partial charge is 0.296 e. The van der Waals surface area contributed by atoms with Gasteiger partial charge in [0.2, 0.25) is 5.13 Å². The highest BCUT2D eigenvalue weighted by Crippen LogP contribution is 2.27. The van der Waals surface area contributed by atoms with Crippen molar-refractivity contribution in [1.82, 2.24) is 10.2 Å². The van der Waals surface area contributed by atoms with E-state index in [4.69, 9.17) is 0 Å². The van der Waals surface area contributed by atoms with Crippen LogP contribution in [0.25, 0.3) is 10.6 Å². The molecule has 2 aromatic carbocycles. The Kier molecular flexibility index (Phi) is 5.05. The van der Waals surface area contributed by atoms with E-state index in [1.165, 1.54) is 11.3 Å². The number of benzene rings is 2. The number of carbonyl (C=O) groups is 1. The van der Waals surface area contributed by atoms with Gasteiger partial charge in [-0.15, -0.1) is 22.0 Å². The summed E-state index contributed by atoms with van der Waals surface area (Å²) in [6.07, 6.45) is 0. The van der Waals surface area contributed by atoms with Crippen LogP contribution in [0.3, 0.4) is 0 Å². The van der Waals surface area contributed by atoms with Crippen molar-refractivity contribution in [3.8, 4) is 10.6 Å². The topological polar surface area (TPSA) is 54.9 Å². The second kappa shape index (κ2) is 7.39. The predicted octanol–water partition coefficient (Wildman–Crippen LogP) is 4.57. The molecule has 0 atom stereocenters. The van der Waals surface area contributed by atoms with Gasteiger partial charge in [0, 0.05) is 10.5 Å². The normalized spacial score (nSPS) is 10.5.